The third-order valence-electron chi connectivity index (χ3n) is 3.22. The van der Waals surface area contributed by atoms with E-state index < -0.39 is 9.84 Å². The minimum absolute atomic E-state index is 0.0774. The van der Waals surface area contributed by atoms with Gasteiger partial charge in [0.1, 0.15) is 9.84 Å². The smallest absolute Gasteiger partial charge is 0.170 e. The minimum Gasteiger partial charge on any atom is -0.409 e. The normalized spacial score (nSPS) is 12.8. The topological polar surface area (TPSA) is 96.0 Å². The van der Waals surface area contributed by atoms with Crippen molar-refractivity contribution in [3.05, 3.63) is 35.4 Å². The summed E-state index contributed by atoms with van der Waals surface area (Å²) in [4.78, 5) is 2.05. The van der Waals surface area contributed by atoms with Crippen molar-refractivity contribution in [2.24, 2.45) is 10.9 Å². The first-order chi connectivity index (χ1) is 9.88. The summed E-state index contributed by atoms with van der Waals surface area (Å²) in [7, 11) is -0.957. The van der Waals surface area contributed by atoms with Crippen LogP contribution in [0.5, 0.6) is 0 Å². The molecule has 1 aromatic rings. The molecule has 0 heterocycles. The van der Waals surface area contributed by atoms with Crippen molar-refractivity contribution in [1.82, 2.24) is 4.90 Å². The Balaban J connectivity index is 2.53. The molecule has 7 heteroatoms. The summed E-state index contributed by atoms with van der Waals surface area (Å²) < 4.78 is 22.8. The molecule has 1 aromatic carbocycles. The lowest BCUT2D eigenvalue weighted by atomic mass is 10.1. The molecule has 0 amide bonds. The van der Waals surface area contributed by atoms with Gasteiger partial charge in [-0.2, -0.15) is 0 Å². The molecule has 0 unspecified atom stereocenters. The van der Waals surface area contributed by atoms with E-state index in [1.165, 1.54) is 0 Å². The molecule has 3 N–H and O–H groups in total. The number of benzene rings is 1. The van der Waals surface area contributed by atoms with Crippen LogP contribution in [0.1, 0.15) is 24.5 Å². The molecule has 6 nitrogen and oxygen atoms in total. The maximum absolute atomic E-state index is 11.4. The first-order valence-electron chi connectivity index (χ1n) is 6.83. The van der Waals surface area contributed by atoms with Gasteiger partial charge in [-0.05, 0) is 31.6 Å². The Morgan fingerprint density at radius 1 is 1.43 bits per heavy atom. The largest absolute Gasteiger partial charge is 0.409 e. The number of nitrogens with two attached hydrogens (primary N) is 1. The lowest BCUT2D eigenvalue weighted by Gasteiger charge is -2.17. The highest BCUT2D eigenvalue weighted by Crippen LogP contribution is 2.08. The van der Waals surface area contributed by atoms with Crippen molar-refractivity contribution in [3.63, 3.8) is 0 Å². The number of oxime groups is 1. The maximum Gasteiger partial charge on any atom is 0.170 e. The molecule has 0 saturated carbocycles. The van der Waals surface area contributed by atoms with Gasteiger partial charge in [-0.1, -0.05) is 30.3 Å². The fraction of sp³-hybridized carbons (Fsp3) is 0.500. The van der Waals surface area contributed by atoms with Crippen LogP contribution in [0.15, 0.2) is 29.4 Å². The summed E-state index contributed by atoms with van der Waals surface area (Å²) in [5.74, 6) is 0.491. The summed E-state index contributed by atoms with van der Waals surface area (Å²) >= 11 is 0. The van der Waals surface area contributed by atoms with Crippen molar-refractivity contribution in [3.8, 4) is 0 Å². The lowest BCUT2D eigenvalue weighted by molar-refractivity contribution is 0.318. The molecule has 1 rings (SSSR count). The second-order valence-electron chi connectivity index (χ2n) is 5.01. The van der Waals surface area contributed by atoms with E-state index in [2.05, 4.69) is 10.1 Å². The van der Waals surface area contributed by atoms with E-state index in [-0.39, 0.29) is 17.3 Å². The second-order valence-corrected chi connectivity index (χ2v) is 7.49. The first kappa shape index (κ1) is 17.5. The van der Waals surface area contributed by atoms with Gasteiger partial charge in [0, 0.05) is 17.9 Å². The van der Waals surface area contributed by atoms with Crippen LogP contribution in [-0.4, -0.2) is 49.5 Å². The van der Waals surface area contributed by atoms with Crippen LogP contribution >= 0.6 is 0 Å². The summed E-state index contributed by atoms with van der Waals surface area (Å²) in [5, 5.41) is 11.7. The van der Waals surface area contributed by atoms with Gasteiger partial charge in [0.2, 0.25) is 0 Å². The maximum atomic E-state index is 11.4. The van der Waals surface area contributed by atoms with Gasteiger partial charge < -0.3 is 15.8 Å². The molecule has 0 atom stereocenters. The van der Waals surface area contributed by atoms with Crippen LogP contribution in [0.4, 0.5) is 0 Å². The first-order valence-corrected chi connectivity index (χ1v) is 8.66. The molecular weight excluding hydrogens is 290 g/mol. The average molecular weight is 313 g/mol. The van der Waals surface area contributed by atoms with Crippen molar-refractivity contribution >= 4 is 15.7 Å². The predicted molar refractivity (Wildman–Crippen MR) is 84.2 cm³/mol. The molecule has 0 radical (unpaired) electrons. The summed E-state index contributed by atoms with van der Waals surface area (Å²) in [6.07, 6.45) is 0.618. The van der Waals surface area contributed by atoms with Crippen LogP contribution < -0.4 is 5.73 Å². The Morgan fingerprint density at radius 2 is 2.14 bits per heavy atom. The number of amidine groups is 1. The molecule has 0 aliphatic carbocycles. The molecule has 0 bridgehead atoms. The number of nitrogens with zero attached hydrogens (tertiary/aromatic N) is 2. The summed E-state index contributed by atoms with van der Waals surface area (Å²) in [5.41, 5.74) is 7.25. The van der Waals surface area contributed by atoms with E-state index in [0.717, 1.165) is 5.56 Å². The van der Waals surface area contributed by atoms with E-state index in [4.69, 9.17) is 10.9 Å². The number of sulfone groups is 1. The fourth-order valence-corrected chi connectivity index (χ4v) is 2.83. The highest BCUT2D eigenvalue weighted by atomic mass is 32.2. The quantitative estimate of drug-likeness (QED) is 0.323. The van der Waals surface area contributed by atoms with Gasteiger partial charge in [-0.15, -0.1) is 0 Å². The van der Waals surface area contributed by atoms with Gasteiger partial charge in [0.05, 0.1) is 5.75 Å². The molecular formula is C14H23N3O3S. The molecule has 0 saturated heterocycles. The van der Waals surface area contributed by atoms with Crippen LogP contribution in [0.25, 0.3) is 0 Å². The van der Waals surface area contributed by atoms with Crippen LogP contribution in [0, 0.1) is 0 Å². The van der Waals surface area contributed by atoms with Gasteiger partial charge >= 0.3 is 0 Å². The highest BCUT2D eigenvalue weighted by Gasteiger charge is 2.08. The highest BCUT2D eigenvalue weighted by molar-refractivity contribution is 7.91. The molecule has 118 valence electrons. The predicted octanol–water partition coefficient (Wildman–Crippen LogP) is 1.04. The third kappa shape index (κ3) is 6.14. The molecule has 0 spiro atoms. The van der Waals surface area contributed by atoms with E-state index in [0.29, 0.717) is 25.1 Å². The standard InChI is InChI=1S/C14H23N3O3S/c1-3-21(19,20)9-5-8-17(2)11-12-6-4-7-13(10-12)14(15)16-18/h4,6-7,10,18H,3,5,8-9,11H2,1-2H3,(H2,15,16). The van der Waals surface area contributed by atoms with Gasteiger partial charge in [-0.3, -0.25) is 0 Å². The average Bonchev–Trinajstić information content (AvgIpc) is 2.46. The zero-order valence-electron chi connectivity index (χ0n) is 12.5. The van der Waals surface area contributed by atoms with E-state index in [1.807, 2.05) is 25.2 Å². The Kier molecular flexibility index (Phi) is 6.64. The summed E-state index contributed by atoms with van der Waals surface area (Å²) in [6, 6.07) is 7.42. The SMILES string of the molecule is CCS(=O)(=O)CCCN(C)Cc1cccc(C(N)=NO)c1. The Morgan fingerprint density at radius 3 is 2.76 bits per heavy atom. The minimum atomic E-state index is -2.90. The van der Waals surface area contributed by atoms with Gasteiger partial charge in [-0.25, -0.2) is 8.42 Å². The van der Waals surface area contributed by atoms with Gasteiger partial charge in [0.25, 0.3) is 0 Å². The van der Waals surface area contributed by atoms with Crippen molar-refractivity contribution in [2.45, 2.75) is 19.9 Å². The molecule has 0 aliphatic rings. The number of hydrogen-bond acceptors (Lipinski definition) is 5. The Hall–Kier alpha value is -1.60. The molecule has 0 aromatic heterocycles. The Bertz CT molecular complexity index is 585. The molecule has 21 heavy (non-hydrogen) atoms. The lowest BCUT2D eigenvalue weighted by Crippen LogP contribution is -2.22. The van der Waals surface area contributed by atoms with E-state index in [1.54, 1.807) is 13.0 Å². The van der Waals surface area contributed by atoms with Crippen LogP contribution in [0.3, 0.4) is 0 Å². The van der Waals surface area contributed by atoms with Gasteiger partial charge in [0.15, 0.2) is 5.84 Å². The van der Waals surface area contributed by atoms with Crippen molar-refractivity contribution in [2.75, 3.05) is 25.1 Å². The second kappa shape index (κ2) is 7.99. The molecule has 0 fully saturated rings. The van der Waals surface area contributed by atoms with Crippen LogP contribution in [-0.2, 0) is 16.4 Å². The fourth-order valence-electron chi connectivity index (χ4n) is 1.98. The third-order valence-corrected chi connectivity index (χ3v) is 5.01. The zero-order valence-corrected chi connectivity index (χ0v) is 13.3. The van der Waals surface area contributed by atoms with Crippen LogP contribution in [0.2, 0.25) is 0 Å². The Labute approximate surface area is 126 Å². The zero-order chi connectivity index (χ0) is 15.9. The van der Waals surface area contributed by atoms with Crippen molar-refractivity contribution < 1.29 is 13.6 Å². The van der Waals surface area contributed by atoms with Crippen molar-refractivity contribution in [1.29, 1.82) is 0 Å². The monoisotopic (exact) mass is 313 g/mol. The molecule has 0 aliphatic heterocycles. The summed E-state index contributed by atoms with van der Waals surface area (Å²) in [6.45, 7) is 3.05. The number of hydrogen-bond donors (Lipinski definition) is 2. The van der Waals surface area contributed by atoms with E-state index in [9.17, 15) is 8.42 Å². The van der Waals surface area contributed by atoms with E-state index >= 15 is 0 Å². The number of rotatable bonds is 8.